The first kappa shape index (κ1) is 12.8. The molecule has 2 rings (SSSR count). The first-order valence-corrected chi connectivity index (χ1v) is 5.68. The molecule has 2 aromatic rings. The number of aldehydes is 1. The smallest absolute Gasteiger partial charge is 0.153 e. The van der Waals surface area contributed by atoms with Gasteiger partial charge in [-0.3, -0.25) is 4.79 Å². The van der Waals surface area contributed by atoms with Gasteiger partial charge in [0.15, 0.2) is 6.29 Å². The predicted octanol–water partition coefficient (Wildman–Crippen LogP) is 1.44. The van der Waals surface area contributed by atoms with Crippen molar-refractivity contribution in [3.8, 4) is 5.75 Å². The van der Waals surface area contributed by atoms with Crippen molar-refractivity contribution in [2.75, 3.05) is 0 Å². The normalized spacial score (nSPS) is 9.89. The minimum Gasteiger partial charge on any atom is -0.545 e. The lowest BCUT2D eigenvalue weighted by Crippen LogP contribution is -2.22. The summed E-state index contributed by atoms with van der Waals surface area (Å²) < 4.78 is 5.52. The fourth-order valence-electron chi connectivity index (χ4n) is 1.61. The Kier molecular flexibility index (Phi) is 3.93. The summed E-state index contributed by atoms with van der Waals surface area (Å²) in [6.45, 7) is 0.262. The molecule has 4 heteroatoms. The van der Waals surface area contributed by atoms with E-state index in [2.05, 4.69) is 0 Å². The average molecular weight is 255 g/mol. The molecule has 96 valence electrons. The van der Waals surface area contributed by atoms with E-state index in [1.165, 1.54) is 12.1 Å². The molecule has 0 amide bonds. The Hall–Kier alpha value is -2.62. The van der Waals surface area contributed by atoms with Gasteiger partial charge < -0.3 is 14.6 Å². The van der Waals surface area contributed by atoms with E-state index >= 15 is 0 Å². The summed E-state index contributed by atoms with van der Waals surface area (Å²) >= 11 is 0. The highest BCUT2D eigenvalue weighted by Gasteiger charge is 2.02. The highest BCUT2D eigenvalue weighted by Crippen LogP contribution is 2.17. The number of carbonyl (C=O) groups is 2. The monoisotopic (exact) mass is 255 g/mol. The maximum absolute atomic E-state index is 10.8. The van der Waals surface area contributed by atoms with Gasteiger partial charge in [-0.25, -0.2) is 0 Å². The van der Waals surface area contributed by atoms with Crippen LogP contribution in [0.3, 0.4) is 0 Å². The molecule has 0 bridgehead atoms. The Morgan fingerprint density at radius 1 is 1.11 bits per heavy atom. The summed E-state index contributed by atoms with van der Waals surface area (Å²) in [6, 6.07) is 13.1. The van der Waals surface area contributed by atoms with Crippen LogP contribution in [0.1, 0.15) is 26.3 Å². The quantitative estimate of drug-likeness (QED) is 0.758. The van der Waals surface area contributed by atoms with Crippen molar-refractivity contribution in [3.05, 3.63) is 65.2 Å². The first-order valence-electron chi connectivity index (χ1n) is 5.68. The third kappa shape index (κ3) is 3.19. The first-order chi connectivity index (χ1) is 9.20. The van der Waals surface area contributed by atoms with E-state index in [9.17, 15) is 14.7 Å². The lowest BCUT2D eigenvalue weighted by atomic mass is 10.1. The van der Waals surface area contributed by atoms with Gasteiger partial charge in [-0.05, 0) is 23.3 Å². The van der Waals surface area contributed by atoms with Gasteiger partial charge in [-0.15, -0.1) is 0 Å². The molecule has 0 N–H and O–H groups in total. The Morgan fingerprint density at radius 3 is 2.42 bits per heavy atom. The van der Waals surface area contributed by atoms with Crippen LogP contribution in [0.25, 0.3) is 0 Å². The Balaban J connectivity index is 2.06. The molecular formula is C15H11O4-. The fraction of sp³-hybridized carbons (Fsp3) is 0.0667. The number of ether oxygens (including phenoxy) is 1. The van der Waals surface area contributed by atoms with Crippen molar-refractivity contribution in [1.29, 1.82) is 0 Å². The predicted molar refractivity (Wildman–Crippen MR) is 66.9 cm³/mol. The fourth-order valence-corrected chi connectivity index (χ4v) is 1.61. The van der Waals surface area contributed by atoms with Crippen molar-refractivity contribution in [3.63, 3.8) is 0 Å². The van der Waals surface area contributed by atoms with Gasteiger partial charge in [0.2, 0.25) is 0 Å². The minimum atomic E-state index is -1.21. The van der Waals surface area contributed by atoms with Gasteiger partial charge in [-0.2, -0.15) is 0 Å². The van der Waals surface area contributed by atoms with E-state index < -0.39 is 5.97 Å². The Bertz CT molecular complexity index is 587. The van der Waals surface area contributed by atoms with E-state index in [0.29, 0.717) is 11.3 Å². The summed E-state index contributed by atoms with van der Waals surface area (Å²) in [5, 5.41) is 10.6. The highest BCUT2D eigenvalue weighted by atomic mass is 16.5. The lowest BCUT2D eigenvalue weighted by molar-refractivity contribution is -0.255. The number of rotatable bonds is 5. The van der Waals surface area contributed by atoms with Crippen LogP contribution in [0.4, 0.5) is 0 Å². The van der Waals surface area contributed by atoms with Crippen LogP contribution in [0.15, 0.2) is 48.5 Å². The van der Waals surface area contributed by atoms with Crippen molar-refractivity contribution in [2.24, 2.45) is 0 Å². The van der Waals surface area contributed by atoms with E-state index in [1.807, 2.05) is 0 Å². The third-order valence-corrected chi connectivity index (χ3v) is 2.63. The second-order valence-corrected chi connectivity index (χ2v) is 3.93. The van der Waals surface area contributed by atoms with E-state index in [0.717, 1.165) is 11.8 Å². The zero-order valence-electron chi connectivity index (χ0n) is 10.0. The summed E-state index contributed by atoms with van der Waals surface area (Å²) in [7, 11) is 0. The molecule has 0 aliphatic rings. The Labute approximate surface area is 110 Å². The second kappa shape index (κ2) is 5.82. The van der Waals surface area contributed by atoms with Crippen LogP contribution in [-0.4, -0.2) is 12.3 Å². The van der Waals surface area contributed by atoms with Gasteiger partial charge in [0.05, 0.1) is 11.5 Å². The molecule has 19 heavy (non-hydrogen) atoms. The van der Waals surface area contributed by atoms with Crippen LogP contribution >= 0.6 is 0 Å². The van der Waals surface area contributed by atoms with Gasteiger partial charge >= 0.3 is 0 Å². The number of hydrogen-bond acceptors (Lipinski definition) is 4. The van der Waals surface area contributed by atoms with E-state index in [4.69, 9.17) is 4.74 Å². The van der Waals surface area contributed by atoms with Crippen LogP contribution < -0.4 is 9.84 Å². The number of carbonyl (C=O) groups excluding carboxylic acids is 2. The van der Waals surface area contributed by atoms with Crippen LogP contribution in [0, 0.1) is 0 Å². The molecule has 0 aliphatic heterocycles. The Morgan fingerprint density at radius 2 is 1.79 bits per heavy atom. The van der Waals surface area contributed by atoms with Crippen LogP contribution in [0.5, 0.6) is 5.75 Å². The molecule has 0 spiro atoms. The van der Waals surface area contributed by atoms with Crippen molar-refractivity contribution in [2.45, 2.75) is 6.61 Å². The standard InChI is InChI=1S/C15H12O4/c16-9-13-3-1-2-4-14(13)19-10-11-5-7-12(8-6-11)15(17)18/h1-9H,10H2,(H,17,18)/p-1. The summed E-state index contributed by atoms with van der Waals surface area (Å²) in [5.74, 6) is -0.708. The molecule has 0 saturated heterocycles. The molecule has 0 radical (unpaired) electrons. The summed E-state index contributed by atoms with van der Waals surface area (Å²) in [5.41, 5.74) is 1.41. The maximum Gasteiger partial charge on any atom is 0.153 e. The molecule has 4 nitrogen and oxygen atoms in total. The van der Waals surface area contributed by atoms with Crippen LogP contribution in [-0.2, 0) is 6.61 Å². The second-order valence-electron chi connectivity index (χ2n) is 3.93. The van der Waals surface area contributed by atoms with Gasteiger partial charge in [0.1, 0.15) is 12.4 Å². The molecule has 0 saturated carbocycles. The van der Waals surface area contributed by atoms with Crippen molar-refractivity contribution in [1.82, 2.24) is 0 Å². The van der Waals surface area contributed by atoms with Gasteiger partial charge in [0, 0.05) is 0 Å². The molecular weight excluding hydrogens is 244 g/mol. The number of hydrogen-bond donors (Lipinski definition) is 0. The summed E-state index contributed by atoms with van der Waals surface area (Å²) in [6.07, 6.45) is 0.731. The zero-order chi connectivity index (χ0) is 13.7. The zero-order valence-corrected chi connectivity index (χ0v) is 10.0. The van der Waals surface area contributed by atoms with Gasteiger partial charge in [0.25, 0.3) is 0 Å². The largest absolute Gasteiger partial charge is 0.545 e. The molecule has 0 aliphatic carbocycles. The number of aromatic carboxylic acids is 1. The van der Waals surface area contributed by atoms with Crippen molar-refractivity contribution < 1.29 is 19.4 Å². The number of carboxylic acid groups (broad SMARTS) is 1. The van der Waals surface area contributed by atoms with E-state index in [1.54, 1.807) is 36.4 Å². The number of benzene rings is 2. The van der Waals surface area contributed by atoms with Crippen LogP contribution in [0.2, 0.25) is 0 Å². The van der Waals surface area contributed by atoms with Crippen molar-refractivity contribution >= 4 is 12.3 Å². The molecule has 0 unspecified atom stereocenters. The minimum absolute atomic E-state index is 0.122. The third-order valence-electron chi connectivity index (χ3n) is 2.63. The maximum atomic E-state index is 10.8. The molecule has 0 heterocycles. The average Bonchev–Trinajstić information content (AvgIpc) is 2.45. The summed E-state index contributed by atoms with van der Waals surface area (Å²) in [4.78, 5) is 21.4. The SMILES string of the molecule is O=Cc1ccccc1OCc1ccc(C(=O)[O-])cc1. The highest BCUT2D eigenvalue weighted by molar-refractivity contribution is 5.85. The number of para-hydroxylation sites is 1. The molecule has 0 aromatic heterocycles. The number of carboxylic acids is 1. The topological polar surface area (TPSA) is 66.4 Å². The molecule has 2 aromatic carbocycles. The van der Waals surface area contributed by atoms with Gasteiger partial charge in [-0.1, -0.05) is 36.4 Å². The molecule has 0 fully saturated rings. The van der Waals surface area contributed by atoms with E-state index in [-0.39, 0.29) is 12.2 Å². The lowest BCUT2D eigenvalue weighted by Gasteiger charge is -2.09. The molecule has 0 atom stereocenters.